The van der Waals surface area contributed by atoms with E-state index in [1.54, 1.807) is 4.90 Å². The number of amides is 2. The second-order valence-electron chi connectivity index (χ2n) is 6.62. The molecule has 2 aliphatic rings. The van der Waals surface area contributed by atoms with Gasteiger partial charge in [0, 0.05) is 37.4 Å². The van der Waals surface area contributed by atoms with E-state index in [1.165, 1.54) is 18.5 Å². The van der Waals surface area contributed by atoms with Crippen LogP contribution in [0.25, 0.3) is 0 Å². The van der Waals surface area contributed by atoms with Gasteiger partial charge in [0.15, 0.2) is 0 Å². The number of nitrogens with zero attached hydrogens (tertiary/aromatic N) is 2. The summed E-state index contributed by atoms with van der Waals surface area (Å²) in [6.07, 6.45) is 2.42. The number of anilines is 2. The molecule has 130 valence electrons. The van der Waals surface area contributed by atoms with E-state index >= 15 is 0 Å². The number of benzene rings is 1. The summed E-state index contributed by atoms with van der Waals surface area (Å²) in [5.74, 6) is 0.724. The van der Waals surface area contributed by atoms with E-state index in [0.29, 0.717) is 19.7 Å². The molecule has 0 bridgehead atoms. The van der Waals surface area contributed by atoms with Crippen molar-refractivity contribution in [2.45, 2.75) is 26.2 Å². The molecule has 2 heterocycles. The third-order valence-corrected chi connectivity index (χ3v) is 4.75. The van der Waals surface area contributed by atoms with Gasteiger partial charge in [0.2, 0.25) is 5.91 Å². The molecule has 0 atom stereocenters. The van der Waals surface area contributed by atoms with Crippen LogP contribution in [0.5, 0.6) is 0 Å². The van der Waals surface area contributed by atoms with Crippen LogP contribution in [0.3, 0.4) is 0 Å². The van der Waals surface area contributed by atoms with Crippen molar-refractivity contribution in [2.24, 2.45) is 5.92 Å². The van der Waals surface area contributed by atoms with E-state index in [0.717, 1.165) is 24.7 Å². The highest BCUT2D eigenvalue weighted by Gasteiger charge is 2.22. The summed E-state index contributed by atoms with van der Waals surface area (Å²) in [6.45, 7) is 5.87. The highest BCUT2D eigenvalue weighted by atomic mass is 16.6. The molecule has 2 saturated heterocycles. The average Bonchev–Trinajstić information content (AvgIpc) is 3.00. The van der Waals surface area contributed by atoms with Crippen molar-refractivity contribution < 1.29 is 14.3 Å². The third kappa shape index (κ3) is 4.19. The van der Waals surface area contributed by atoms with Crippen LogP contribution in [-0.4, -0.2) is 49.7 Å². The van der Waals surface area contributed by atoms with Crippen LogP contribution >= 0.6 is 0 Å². The van der Waals surface area contributed by atoms with Gasteiger partial charge in [0.25, 0.3) is 0 Å². The minimum absolute atomic E-state index is 0.0887. The van der Waals surface area contributed by atoms with E-state index in [9.17, 15) is 9.59 Å². The molecule has 1 aromatic carbocycles. The van der Waals surface area contributed by atoms with Crippen LogP contribution in [0, 0.1) is 5.92 Å². The zero-order valence-corrected chi connectivity index (χ0v) is 14.2. The molecular formula is C18H25N3O3. The minimum Gasteiger partial charge on any atom is -0.448 e. The number of cyclic esters (lactones) is 1. The number of carbonyl (C=O) groups is 2. The molecule has 0 spiro atoms. The molecule has 24 heavy (non-hydrogen) atoms. The fraction of sp³-hybridized carbons (Fsp3) is 0.556. The molecule has 2 amide bonds. The number of hydrogen-bond acceptors (Lipinski definition) is 4. The predicted molar refractivity (Wildman–Crippen MR) is 93.2 cm³/mol. The molecule has 6 heteroatoms. The van der Waals surface area contributed by atoms with Crippen molar-refractivity contribution >= 4 is 23.4 Å². The molecule has 3 rings (SSSR count). The van der Waals surface area contributed by atoms with Crippen molar-refractivity contribution in [1.29, 1.82) is 0 Å². The lowest BCUT2D eigenvalue weighted by Gasteiger charge is -2.32. The lowest BCUT2D eigenvalue weighted by molar-refractivity contribution is -0.116. The fourth-order valence-electron chi connectivity index (χ4n) is 3.11. The SMILES string of the molecule is CC1CCN(c2ccc(NC(=O)CCN3CCOC3=O)cc2)CC1. The topological polar surface area (TPSA) is 61.9 Å². The van der Waals surface area contributed by atoms with Gasteiger partial charge in [-0.2, -0.15) is 0 Å². The van der Waals surface area contributed by atoms with Crippen LogP contribution in [0.2, 0.25) is 0 Å². The van der Waals surface area contributed by atoms with E-state index < -0.39 is 0 Å². The number of rotatable bonds is 5. The van der Waals surface area contributed by atoms with Gasteiger partial charge in [-0.1, -0.05) is 6.92 Å². The average molecular weight is 331 g/mol. The molecule has 0 radical (unpaired) electrons. The van der Waals surface area contributed by atoms with Gasteiger partial charge in [-0.25, -0.2) is 4.79 Å². The van der Waals surface area contributed by atoms with Crippen LogP contribution in [0.15, 0.2) is 24.3 Å². The van der Waals surface area contributed by atoms with Crippen LogP contribution in [0.4, 0.5) is 16.2 Å². The first-order valence-corrected chi connectivity index (χ1v) is 8.68. The summed E-state index contributed by atoms with van der Waals surface area (Å²) in [5, 5.41) is 2.88. The maximum Gasteiger partial charge on any atom is 0.409 e. The largest absolute Gasteiger partial charge is 0.448 e. The lowest BCUT2D eigenvalue weighted by Crippen LogP contribution is -2.32. The van der Waals surface area contributed by atoms with Gasteiger partial charge < -0.3 is 19.9 Å². The first-order valence-electron chi connectivity index (χ1n) is 8.68. The Balaban J connectivity index is 1.47. The van der Waals surface area contributed by atoms with Crippen LogP contribution < -0.4 is 10.2 Å². The normalized spacial score (nSPS) is 18.6. The fourth-order valence-corrected chi connectivity index (χ4v) is 3.11. The molecule has 6 nitrogen and oxygen atoms in total. The van der Waals surface area contributed by atoms with Gasteiger partial charge in [-0.15, -0.1) is 0 Å². The van der Waals surface area contributed by atoms with Gasteiger partial charge in [0.05, 0.1) is 6.54 Å². The van der Waals surface area contributed by atoms with Gasteiger partial charge in [-0.3, -0.25) is 4.79 Å². The van der Waals surface area contributed by atoms with Gasteiger partial charge in [-0.05, 0) is 43.0 Å². The Labute approximate surface area is 142 Å². The second-order valence-corrected chi connectivity index (χ2v) is 6.62. The molecule has 2 fully saturated rings. The monoisotopic (exact) mass is 331 g/mol. The van der Waals surface area contributed by atoms with Crippen molar-refractivity contribution in [3.8, 4) is 0 Å². The lowest BCUT2D eigenvalue weighted by atomic mass is 9.99. The highest BCUT2D eigenvalue weighted by Crippen LogP contribution is 2.24. The van der Waals surface area contributed by atoms with Gasteiger partial charge >= 0.3 is 6.09 Å². The molecule has 0 aliphatic carbocycles. The molecular weight excluding hydrogens is 306 g/mol. The molecule has 0 aromatic heterocycles. The first kappa shape index (κ1) is 16.6. The Morgan fingerprint density at radius 3 is 2.54 bits per heavy atom. The summed E-state index contributed by atoms with van der Waals surface area (Å²) in [7, 11) is 0. The number of hydrogen-bond donors (Lipinski definition) is 1. The van der Waals surface area contributed by atoms with E-state index in [4.69, 9.17) is 4.74 Å². The second kappa shape index (κ2) is 7.55. The summed E-state index contributed by atoms with van der Waals surface area (Å²) >= 11 is 0. The minimum atomic E-state index is -0.331. The summed E-state index contributed by atoms with van der Waals surface area (Å²) in [5.41, 5.74) is 2.00. The number of nitrogens with one attached hydrogen (secondary N) is 1. The summed E-state index contributed by atoms with van der Waals surface area (Å²) in [6, 6.07) is 8.00. The molecule has 1 N–H and O–H groups in total. The Bertz CT molecular complexity index is 580. The van der Waals surface area contributed by atoms with Crippen LogP contribution in [0.1, 0.15) is 26.2 Å². The van der Waals surface area contributed by atoms with Crippen molar-refractivity contribution in [3.63, 3.8) is 0 Å². The van der Waals surface area contributed by atoms with E-state index in [1.807, 2.05) is 12.1 Å². The molecule has 2 aliphatic heterocycles. The predicted octanol–water partition coefficient (Wildman–Crippen LogP) is 2.70. The quantitative estimate of drug-likeness (QED) is 0.901. The number of ether oxygens (including phenoxy) is 1. The van der Waals surface area contributed by atoms with Crippen molar-refractivity contribution in [3.05, 3.63) is 24.3 Å². The maximum absolute atomic E-state index is 12.0. The molecule has 0 unspecified atom stereocenters. The maximum atomic E-state index is 12.0. The summed E-state index contributed by atoms with van der Waals surface area (Å²) < 4.78 is 4.84. The highest BCUT2D eigenvalue weighted by molar-refractivity contribution is 5.91. The first-order chi connectivity index (χ1) is 11.6. The molecule has 0 saturated carbocycles. The van der Waals surface area contributed by atoms with Crippen molar-refractivity contribution in [1.82, 2.24) is 4.90 Å². The Kier molecular flexibility index (Phi) is 5.23. The van der Waals surface area contributed by atoms with E-state index in [-0.39, 0.29) is 18.4 Å². The standard InChI is InChI=1S/C18H25N3O3/c1-14-6-9-20(10-7-14)16-4-2-15(3-5-16)19-17(22)8-11-21-12-13-24-18(21)23/h2-5,14H,6-13H2,1H3,(H,19,22). The van der Waals surface area contributed by atoms with Gasteiger partial charge in [0.1, 0.15) is 6.61 Å². The number of piperidine rings is 1. The summed E-state index contributed by atoms with van der Waals surface area (Å²) in [4.78, 5) is 27.3. The smallest absolute Gasteiger partial charge is 0.409 e. The molecule has 1 aromatic rings. The van der Waals surface area contributed by atoms with E-state index in [2.05, 4.69) is 29.3 Å². The Morgan fingerprint density at radius 2 is 1.92 bits per heavy atom. The van der Waals surface area contributed by atoms with Crippen LogP contribution in [-0.2, 0) is 9.53 Å². The zero-order chi connectivity index (χ0) is 16.9. The van der Waals surface area contributed by atoms with Crippen molar-refractivity contribution in [2.75, 3.05) is 43.0 Å². The third-order valence-electron chi connectivity index (χ3n) is 4.75. The number of carbonyl (C=O) groups excluding carboxylic acids is 2. The Morgan fingerprint density at radius 1 is 1.21 bits per heavy atom. The Hall–Kier alpha value is -2.24. The zero-order valence-electron chi connectivity index (χ0n) is 14.2.